The third-order valence-electron chi connectivity index (χ3n) is 2.08. The predicted octanol–water partition coefficient (Wildman–Crippen LogP) is 1.18. The van der Waals surface area contributed by atoms with E-state index in [1.165, 1.54) is 7.11 Å². The number of alkyl halides is 1. The van der Waals surface area contributed by atoms with Crippen molar-refractivity contribution in [3.8, 4) is 0 Å². The Labute approximate surface area is 88.0 Å². The summed E-state index contributed by atoms with van der Waals surface area (Å²) in [4.78, 5) is 11.6. The fourth-order valence-corrected chi connectivity index (χ4v) is 1.22. The zero-order valence-corrected chi connectivity index (χ0v) is 8.52. The molecule has 1 aromatic rings. The summed E-state index contributed by atoms with van der Waals surface area (Å²) in [6.45, 7) is -0.167. The molecular weight excluding hydrogens is 197 g/mol. The Kier molecular flexibility index (Phi) is 4.39. The second-order valence-corrected chi connectivity index (χ2v) is 3.23. The highest BCUT2D eigenvalue weighted by atomic mass is 19.1. The standard InChI is InChI=1S/C11H14FNO2/c1-15-7-9(12)10(13)11(14)8-5-3-2-4-6-8/h2-6,9-10H,7,13H2,1H3/t9-,10+/m1/s1. The third-order valence-corrected chi connectivity index (χ3v) is 2.08. The number of ketones is 1. The molecule has 2 atom stereocenters. The molecule has 82 valence electrons. The molecule has 0 unspecified atom stereocenters. The number of rotatable bonds is 5. The maximum Gasteiger partial charge on any atom is 0.182 e. The molecule has 15 heavy (non-hydrogen) atoms. The smallest absolute Gasteiger partial charge is 0.182 e. The topological polar surface area (TPSA) is 52.3 Å². The highest BCUT2D eigenvalue weighted by Crippen LogP contribution is 2.07. The van der Waals surface area contributed by atoms with Gasteiger partial charge in [-0.2, -0.15) is 0 Å². The van der Waals surface area contributed by atoms with Crippen LogP contribution in [0.15, 0.2) is 30.3 Å². The molecule has 0 fully saturated rings. The van der Waals surface area contributed by atoms with Gasteiger partial charge < -0.3 is 10.5 Å². The lowest BCUT2D eigenvalue weighted by Crippen LogP contribution is -2.41. The number of benzene rings is 1. The summed E-state index contributed by atoms with van der Waals surface area (Å²) < 4.78 is 17.9. The fraction of sp³-hybridized carbons (Fsp3) is 0.364. The van der Waals surface area contributed by atoms with Crippen molar-refractivity contribution in [2.75, 3.05) is 13.7 Å². The van der Waals surface area contributed by atoms with Crippen LogP contribution in [0.1, 0.15) is 10.4 Å². The number of carbonyl (C=O) groups is 1. The minimum absolute atomic E-state index is 0.167. The van der Waals surface area contributed by atoms with E-state index in [0.29, 0.717) is 5.56 Å². The lowest BCUT2D eigenvalue weighted by Gasteiger charge is -2.14. The molecule has 0 spiro atoms. The number of Topliss-reactive ketones (excluding diaryl/α,β-unsaturated/α-hetero) is 1. The molecule has 3 nitrogen and oxygen atoms in total. The molecule has 0 aliphatic rings. The summed E-state index contributed by atoms with van der Waals surface area (Å²) >= 11 is 0. The summed E-state index contributed by atoms with van der Waals surface area (Å²) in [5.74, 6) is -0.403. The van der Waals surface area contributed by atoms with Crippen molar-refractivity contribution in [1.82, 2.24) is 0 Å². The van der Waals surface area contributed by atoms with Crippen molar-refractivity contribution in [3.63, 3.8) is 0 Å². The molecule has 0 heterocycles. The Morgan fingerprint density at radius 1 is 1.47 bits per heavy atom. The van der Waals surface area contributed by atoms with Crippen LogP contribution in [0.25, 0.3) is 0 Å². The van der Waals surface area contributed by atoms with Crippen LogP contribution >= 0.6 is 0 Å². The number of ether oxygens (including phenoxy) is 1. The molecule has 0 aromatic heterocycles. The number of methoxy groups -OCH3 is 1. The van der Waals surface area contributed by atoms with Gasteiger partial charge in [-0.05, 0) is 0 Å². The number of hydrogen-bond donors (Lipinski definition) is 1. The molecule has 0 aliphatic heterocycles. The number of hydrogen-bond acceptors (Lipinski definition) is 3. The maximum atomic E-state index is 13.3. The van der Waals surface area contributed by atoms with E-state index in [4.69, 9.17) is 5.73 Å². The number of nitrogens with two attached hydrogens (primary N) is 1. The Bertz CT molecular complexity index is 316. The predicted molar refractivity (Wildman–Crippen MR) is 55.5 cm³/mol. The molecular formula is C11H14FNO2. The van der Waals surface area contributed by atoms with Gasteiger partial charge in [0.05, 0.1) is 6.61 Å². The van der Waals surface area contributed by atoms with Crippen LogP contribution in [0.4, 0.5) is 4.39 Å². The van der Waals surface area contributed by atoms with Crippen molar-refractivity contribution < 1.29 is 13.9 Å². The molecule has 0 saturated carbocycles. The monoisotopic (exact) mass is 211 g/mol. The third kappa shape index (κ3) is 3.11. The van der Waals surface area contributed by atoms with E-state index in [1.54, 1.807) is 30.3 Å². The molecule has 0 aliphatic carbocycles. The van der Waals surface area contributed by atoms with E-state index < -0.39 is 18.0 Å². The molecule has 2 N–H and O–H groups in total. The van der Waals surface area contributed by atoms with Gasteiger partial charge in [0.2, 0.25) is 0 Å². The van der Waals surface area contributed by atoms with Gasteiger partial charge in [-0.25, -0.2) is 4.39 Å². The molecule has 4 heteroatoms. The molecule has 0 saturated heterocycles. The van der Waals surface area contributed by atoms with Gasteiger partial charge >= 0.3 is 0 Å². The number of halogens is 1. The first-order chi connectivity index (χ1) is 7.16. The largest absolute Gasteiger partial charge is 0.382 e. The molecule has 0 bridgehead atoms. The minimum atomic E-state index is -1.47. The van der Waals surface area contributed by atoms with Crippen molar-refractivity contribution >= 4 is 5.78 Å². The fourth-order valence-electron chi connectivity index (χ4n) is 1.22. The van der Waals surface area contributed by atoms with Crippen LogP contribution < -0.4 is 5.73 Å². The molecule has 1 aromatic carbocycles. The van der Waals surface area contributed by atoms with Crippen LogP contribution in [0.5, 0.6) is 0 Å². The Balaban J connectivity index is 2.69. The van der Waals surface area contributed by atoms with Crippen LogP contribution in [-0.2, 0) is 4.74 Å². The van der Waals surface area contributed by atoms with E-state index in [0.717, 1.165) is 0 Å². The summed E-state index contributed by atoms with van der Waals surface area (Å²) in [5, 5.41) is 0. The molecule has 0 amide bonds. The number of carbonyl (C=O) groups excluding carboxylic acids is 1. The highest BCUT2D eigenvalue weighted by Gasteiger charge is 2.24. The Morgan fingerprint density at radius 2 is 2.07 bits per heavy atom. The first kappa shape index (κ1) is 11.8. The maximum absolute atomic E-state index is 13.3. The summed E-state index contributed by atoms with van der Waals surface area (Å²) in [5.41, 5.74) is 5.89. The Morgan fingerprint density at radius 3 is 2.60 bits per heavy atom. The lowest BCUT2D eigenvalue weighted by atomic mass is 10.0. The van der Waals surface area contributed by atoms with Crippen molar-refractivity contribution in [2.24, 2.45) is 5.73 Å². The average Bonchev–Trinajstić information content (AvgIpc) is 2.28. The zero-order valence-electron chi connectivity index (χ0n) is 8.52. The second-order valence-electron chi connectivity index (χ2n) is 3.23. The summed E-state index contributed by atoms with van der Waals surface area (Å²) in [6.07, 6.45) is -1.47. The minimum Gasteiger partial charge on any atom is -0.382 e. The van der Waals surface area contributed by atoms with Crippen LogP contribution in [0, 0.1) is 0 Å². The van der Waals surface area contributed by atoms with Gasteiger partial charge in [0.15, 0.2) is 5.78 Å². The lowest BCUT2D eigenvalue weighted by molar-refractivity contribution is 0.0783. The Hall–Kier alpha value is -1.26. The van der Waals surface area contributed by atoms with E-state index in [9.17, 15) is 9.18 Å². The van der Waals surface area contributed by atoms with E-state index in [2.05, 4.69) is 4.74 Å². The van der Waals surface area contributed by atoms with E-state index in [1.807, 2.05) is 0 Å². The van der Waals surface area contributed by atoms with Gasteiger partial charge in [-0.15, -0.1) is 0 Å². The SMILES string of the molecule is COC[C@@H](F)[C@H](N)C(=O)c1ccccc1. The van der Waals surface area contributed by atoms with E-state index in [-0.39, 0.29) is 6.61 Å². The van der Waals surface area contributed by atoms with E-state index >= 15 is 0 Å². The van der Waals surface area contributed by atoms with Crippen LogP contribution in [0.2, 0.25) is 0 Å². The molecule has 1 rings (SSSR count). The quantitative estimate of drug-likeness (QED) is 0.744. The average molecular weight is 211 g/mol. The molecule has 0 radical (unpaired) electrons. The van der Waals surface area contributed by atoms with Crippen molar-refractivity contribution in [1.29, 1.82) is 0 Å². The first-order valence-electron chi connectivity index (χ1n) is 4.64. The summed E-state index contributed by atoms with van der Waals surface area (Å²) in [7, 11) is 1.37. The normalized spacial score (nSPS) is 14.6. The zero-order chi connectivity index (χ0) is 11.3. The summed E-state index contributed by atoms with van der Waals surface area (Å²) in [6, 6.07) is 7.27. The van der Waals surface area contributed by atoms with Gasteiger partial charge in [0.1, 0.15) is 12.2 Å². The first-order valence-corrected chi connectivity index (χ1v) is 4.64. The van der Waals surface area contributed by atoms with Crippen LogP contribution in [0.3, 0.4) is 0 Å². The van der Waals surface area contributed by atoms with Gasteiger partial charge in [0, 0.05) is 12.7 Å². The van der Waals surface area contributed by atoms with Crippen LogP contribution in [-0.4, -0.2) is 31.7 Å². The van der Waals surface area contributed by atoms with Gasteiger partial charge in [0.25, 0.3) is 0 Å². The van der Waals surface area contributed by atoms with Crippen molar-refractivity contribution in [2.45, 2.75) is 12.2 Å². The highest BCUT2D eigenvalue weighted by molar-refractivity contribution is 6.00. The van der Waals surface area contributed by atoms with Gasteiger partial charge in [-0.1, -0.05) is 30.3 Å². The second kappa shape index (κ2) is 5.58. The van der Waals surface area contributed by atoms with Gasteiger partial charge in [-0.3, -0.25) is 4.79 Å². The van der Waals surface area contributed by atoms with Crippen molar-refractivity contribution in [3.05, 3.63) is 35.9 Å².